The molecule has 0 amide bonds. The molecule has 0 saturated carbocycles. The Kier molecular flexibility index (Phi) is 7.08. The maximum absolute atomic E-state index is 6.60. The highest BCUT2D eigenvalue weighted by molar-refractivity contribution is 6.91. The van der Waals surface area contributed by atoms with E-state index < -0.39 is 18.1 Å². The van der Waals surface area contributed by atoms with E-state index in [1.165, 1.54) is 21.9 Å². The lowest BCUT2D eigenvalue weighted by atomic mass is 10.4. The molecule has 0 bridgehead atoms. The molecule has 0 aliphatic rings. The van der Waals surface area contributed by atoms with E-state index in [-0.39, 0.29) is 0 Å². The first-order chi connectivity index (χ1) is 9.83. The van der Waals surface area contributed by atoms with Crippen LogP contribution >= 0.6 is 0 Å². The van der Waals surface area contributed by atoms with E-state index in [0.717, 1.165) is 0 Å². The summed E-state index contributed by atoms with van der Waals surface area (Å²) in [4.78, 5) is 0. The van der Waals surface area contributed by atoms with Crippen LogP contribution in [0.4, 0.5) is 0 Å². The summed E-state index contributed by atoms with van der Waals surface area (Å²) < 4.78 is 6.60. The predicted octanol–water partition coefficient (Wildman–Crippen LogP) is 3.87. The molecular formula is C18H28OSi2. The largest absolute Gasteiger partial charge is 0.448 e. The Labute approximate surface area is 133 Å². The maximum Gasteiger partial charge on any atom is 0.255 e. The zero-order chi connectivity index (χ0) is 15.9. The monoisotopic (exact) mass is 316 g/mol. The van der Waals surface area contributed by atoms with Gasteiger partial charge in [0.1, 0.15) is 0 Å². The van der Waals surface area contributed by atoms with Crippen molar-refractivity contribution in [2.45, 2.75) is 41.5 Å². The summed E-state index contributed by atoms with van der Waals surface area (Å²) in [6.45, 7) is 13.0. The molecule has 1 nitrogen and oxygen atoms in total. The van der Waals surface area contributed by atoms with Gasteiger partial charge in [-0.15, -0.1) is 0 Å². The number of hydrogen-bond acceptors (Lipinski definition) is 1. The summed E-state index contributed by atoms with van der Waals surface area (Å²) >= 11 is 0. The Morgan fingerprint density at radius 2 is 1.24 bits per heavy atom. The van der Waals surface area contributed by atoms with Gasteiger partial charge in [-0.05, 0) is 46.7 Å². The highest BCUT2D eigenvalue weighted by atomic mass is 28.4. The fourth-order valence-corrected chi connectivity index (χ4v) is 8.47. The van der Waals surface area contributed by atoms with Crippen molar-refractivity contribution in [3.8, 4) is 0 Å². The summed E-state index contributed by atoms with van der Waals surface area (Å²) in [5, 5.41) is 1.36. The van der Waals surface area contributed by atoms with E-state index in [4.69, 9.17) is 4.12 Å². The van der Waals surface area contributed by atoms with Crippen LogP contribution in [0.3, 0.4) is 0 Å². The van der Waals surface area contributed by atoms with Gasteiger partial charge < -0.3 is 4.12 Å². The lowest BCUT2D eigenvalue weighted by molar-refractivity contribution is 0.625. The van der Waals surface area contributed by atoms with Crippen molar-refractivity contribution in [1.29, 1.82) is 0 Å². The third-order valence-corrected chi connectivity index (χ3v) is 9.34. The Hall–Kier alpha value is -1.17. The highest BCUT2D eigenvalue weighted by Gasteiger charge is 2.27. The molecule has 0 aromatic heterocycles. The second-order valence-electron chi connectivity index (χ2n) is 6.29. The number of hydrogen-bond donors (Lipinski definition) is 0. The molecule has 0 fully saturated rings. The van der Waals surface area contributed by atoms with Crippen LogP contribution in [0.25, 0.3) is 0 Å². The van der Waals surface area contributed by atoms with E-state index >= 15 is 0 Å². The van der Waals surface area contributed by atoms with E-state index in [1.807, 2.05) is 0 Å². The second-order valence-corrected chi connectivity index (χ2v) is 11.1. The van der Waals surface area contributed by atoms with Gasteiger partial charge in [-0.3, -0.25) is 0 Å². The van der Waals surface area contributed by atoms with E-state index in [2.05, 4.69) is 89.0 Å². The van der Waals surface area contributed by atoms with E-state index in [1.54, 1.807) is 0 Å². The van der Waals surface area contributed by atoms with Crippen LogP contribution in [0.1, 0.15) is 41.5 Å². The third kappa shape index (κ3) is 6.89. The van der Waals surface area contributed by atoms with Crippen LogP contribution < -0.4 is 5.19 Å². The van der Waals surface area contributed by atoms with Gasteiger partial charge in [0.25, 0.3) is 8.32 Å². The first-order valence-electron chi connectivity index (χ1n) is 7.49. The molecule has 1 aromatic rings. The van der Waals surface area contributed by atoms with Gasteiger partial charge in [0.05, 0.1) is 0 Å². The molecule has 114 valence electrons. The zero-order valence-electron chi connectivity index (χ0n) is 14.2. The van der Waals surface area contributed by atoms with E-state index in [9.17, 15) is 0 Å². The van der Waals surface area contributed by atoms with Crippen LogP contribution in [-0.4, -0.2) is 18.1 Å². The molecule has 0 unspecified atom stereocenters. The van der Waals surface area contributed by atoms with Crippen LogP contribution in [-0.2, 0) is 4.12 Å². The van der Waals surface area contributed by atoms with Crippen LogP contribution in [0.5, 0.6) is 0 Å². The molecule has 0 N–H and O–H groups in total. The molecule has 0 spiro atoms. The van der Waals surface area contributed by atoms with Crippen molar-refractivity contribution in [3.63, 3.8) is 0 Å². The van der Waals surface area contributed by atoms with Gasteiger partial charge in [-0.2, -0.15) is 0 Å². The van der Waals surface area contributed by atoms with Crippen molar-refractivity contribution in [1.82, 2.24) is 0 Å². The smallest absolute Gasteiger partial charge is 0.255 e. The number of allylic oxidation sites excluding steroid dienone is 3. The van der Waals surface area contributed by atoms with E-state index in [0.29, 0.717) is 0 Å². The third-order valence-electron chi connectivity index (χ3n) is 2.87. The molecule has 1 aromatic carbocycles. The minimum Gasteiger partial charge on any atom is -0.448 e. The molecule has 0 atom stereocenters. The van der Waals surface area contributed by atoms with Gasteiger partial charge in [-0.1, -0.05) is 64.1 Å². The molecule has 0 heterocycles. The minimum atomic E-state index is -2.09. The Balaban J connectivity index is 3.13. The Morgan fingerprint density at radius 3 is 1.62 bits per heavy atom. The van der Waals surface area contributed by atoms with Crippen LogP contribution in [0, 0.1) is 0 Å². The summed E-state index contributed by atoms with van der Waals surface area (Å²) in [7, 11) is -2.81. The van der Waals surface area contributed by atoms with Crippen molar-refractivity contribution in [2.24, 2.45) is 0 Å². The first-order valence-corrected chi connectivity index (χ1v) is 10.9. The van der Waals surface area contributed by atoms with Crippen LogP contribution in [0.2, 0.25) is 0 Å². The fraction of sp³-hybridized carbons (Fsp3) is 0.333. The molecule has 0 aliphatic carbocycles. The van der Waals surface area contributed by atoms with Crippen molar-refractivity contribution >= 4 is 23.3 Å². The second kappa shape index (κ2) is 8.32. The average molecular weight is 317 g/mol. The summed E-state index contributed by atoms with van der Waals surface area (Å²) in [5.41, 5.74) is 11.1. The lowest BCUT2D eigenvalue weighted by Crippen LogP contribution is -2.38. The highest BCUT2D eigenvalue weighted by Crippen LogP contribution is 2.18. The van der Waals surface area contributed by atoms with Gasteiger partial charge >= 0.3 is 0 Å². The Bertz CT molecular complexity index is 484. The number of rotatable bonds is 6. The van der Waals surface area contributed by atoms with Crippen molar-refractivity contribution < 1.29 is 4.12 Å². The number of benzene rings is 1. The molecule has 0 radical (unpaired) electrons. The maximum atomic E-state index is 6.60. The first kappa shape index (κ1) is 17.9. The van der Waals surface area contributed by atoms with Crippen LogP contribution in [0.15, 0.2) is 64.1 Å². The topological polar surface area (TPSA) is 9.23 Å². The zero-order valence-corrected chi connectivity index (χ0v) is 16.6. The van der Waals surface area contributed by atoms with Gasteiger partial charge in [0, 0.05) is 0 Å². The predicted molar refractivity (Wildman–Crippen MR) is 99.8 cm³/mol. The SMILES string of the molecule is CC(C)=C[Si](C=C(C)C)(C=C(C)C)O[SiH2]c1ccccc1. The quantitative estimate of drug-likeness (QED) is 0.724. The lowest BCUT2D eigenvalue weighted by Gasteiger charge is -2.24. The fourth-order valence-electron chi connectivity index (χ4n) is 2.39. The summed E-state index contributed by atoms with van der Waals surface area (Å²) in [6, 6.07) is 10.6. The molecule has 1 rings (SSSR count). The molecule has 0 saturated heterocycles. The average Bonchev–Trinajstić information content (AvgIpc) is 2.35. The standard InChI is InChI=1S/C18H28OSi2/c1-15(2)12-21(13-16(3)4,14-17(5)6)19-20-18-10-8-7-9-11-18/h7-14H,20H2,1-6H3. The van der Waals surface area contributed by atoms with Gasteiger partial charge in [0.15, 0.2) is 9.76 Å². The minimum absolute atomic E-state index is 0.716. The summed E-state index contributed by atoms with van der Waals surface area (Å²) in [6.07, 6.45) is 0. The summed E-state index contributed by atoms with van der Waals surface area (Å²) in [5.74, 6) is 0. The molecule has 3 heteroatoms. The molecular weight excluding hydrogens is 288 g/mol. The van der Waals surface area contributed by atoms with Gasteiger partial charge in [-0.25, -0.2) is 0 Å². The Morgan fingerprint density at radius 1 is 0.810 bits per heavy atom. The normalized spacial score (nSPS) is 11.3. The van der Waals surface area contributed by atoms with Crippen molar-refractivity contribution in [3.05, 3.63) is 64.1 Å². The van der Waals surface area contributed by atoms with Crippen molar-refractivity contribution in [2.75, 3.05) is 0 Å². The van der Waals surface area contributed by atoms with Gasteiger partial charge in [0.2, 0.25) is 0 Å². The molecule has 0 aliphatic heterocycles. The molecule has 21 heavy (non-hydrogen) atoms.